The van der Waals surface area contributed by atoms with Gasteiger partial charge >= 0.3 is 0 Å². The van der Waals surface area contributed by atoms with Gasteiger partial charge in [-0.15, -0.1) is 0 Å². The van der Waals surface area contributed by atoms with Gasteiger partial charge in [-0.05, 0) is 35.9 Å². The minimum absolute atomic E-state index is 0.150. The Kier molecular flexibility index (Phi) is 3.81. The summed E-state index contributed by atoms with van der Waals surface area (Å²) >= 11 is 0. The summed E-state index contributed by atoms with van der Waals surface area (Å²) in [4.78, 5) is 8.73. The zero-order valence-corrected chi connectivity index (χ0v) is 13.0. The Balaban J connectivity index is 1.74. The quantitative estimate of drug-likeness (QED) is 0.591. The molecule has 0 unspecified atom stereocenters. The van der Waals surface area contributed by atoms with Crippen LogP contribution in [-0.4, -0.2) is 20.2 Å². The highest BCUT2D eigenvalue weighted by molar-refractivity contribution is 5.83. The Bertz CT molecular complexity index is 1030. The standard InChI is InChI=1S/C18H13F2N5/c19-12-4-5-14(20)11(7-12)8-15-13-10-22-25-16(13)9-18(23-15)24-17-3-1-2-6-21-17/h1-7,9-10H,8H2,(H,22,25)(H,21,23,24). The summed E-state index contributed by atoms with van der Waals surface area (Å²) in [6.45, 7) is 0. The molecule has 25 heavy (non-hydrogen) atoms. The van der Waals surface area contributed by atoms with E-state index in [0.29, 0.717) is 17.3 Å². The van der Waals surface area contributed by atoms with Crippen LogP contribution in [0.4, 0.5) is 20.4 Å². The normalized spacial score (nSPS) is 11.0. The van der Waals surface area contributed by atoms with Gasteiger partial charge in [0.25, 0.3) is 0 Å². The van der Waals surface area contributed by atoms with Gasteiger partial charge in [0.2, 0.25) is 0 Å². The zero-order chi connectivity index (χ0) is 17.2. The van der Waals surface area contributed by atoms with E-state index in [1.54, 1.807) is 18.5 Å². The summed E-state index contributed by atoms with van der Waals surface area (Å²) in [5.74, 6) is 0.226. The smallest absolute Gasteiger partial charge is 0.133 e. The summed E-state index contributed by atoms with van der Waals surface area (Å²) in [6, 6.07) is 10.7. The second-order valence-corrected chi connectivity index (χ2v) is 5.54. The van der Waals surface area contributed by atoms with Gasteiger partial charge in [0.15, 0.2) is 0 Å². The number of aromatic amines is 1. The Morgan fingerprint density at radius 3 is 2.80 bits per heavy atom. The van der Waals surface area contributed by atoms with Crippen molar-refractivity contribution in [1.29, 1.82) is 0 Å². The van der Waals surface area contributed by atoms with Crippen LogP contribution < -0.4 is 5.32 Å². The molecule has 2 N–H and O–H groups in total. The maximum atomic E-state index is 14.0. The second kappa shape index (κ2) is 6.27. The maximum absolute atomic E-state index is 14.0. The molecule has 0 atom stereocenters. The van der Waals surface area contributed by atoms with Gasteiger partial charge in [-0.2, -0.15) is 5.10 Å². The van der Waals surface area contributed by atoms with E-state index in [0.717, 1.165) is 23.0 Å². The number of nitrogens with one attached hydrogen (secondary N) is 2. The number of pyridine rings is 2. The summed E-state index contributed by atoms with van der Waals surface area (Å²) in [5.41, 5.74) is 1.58. The molecule has 4 rings (SSSR count). The Morgan fingerprint density at radius 1 is 1.04 bits per heavy atom. The van der Waals surface area contributed by atoms with Crippen LogP contribution in [0.3, 0.4) is 0 Å². The first-order valence-electron chi connectivity index (χ1n) is 7.64. The SMILES string of the molecule is Fc1ccc(F)c(Cc2nc(Nc3ccccn3)cc3[nH]ncc23)c1. The number of halogens is 2. The topological polar surface area (TPSA) is 66.5 Å². The van der Waals surface area contributed by atoms with E-state index in [1.807, 2.05) is 18.2 Å². The average molecular weight is 337 g/mol. The lowest BCUT2D eigenvalue weighted by molar-refractivity contribution is 0.588. The van der Waals surface area contributed by atoms with Crippen LogP contribution in [0.25, 0.3) is 10.9 Å². The molecule has 3 heterocycles. The number of hydrogen-bond donors (Lipinski definition) is 2. The molecule has 1 aromatic carbocycles. The third-order valence-corrected chi connectivity index (χ3v) is 3.80. The molecule has 0 radical (unpaired) electrons. The van der Waals surface area contributed by atoms with Crippen molar-refractivity contribution in [3.8, 4) is 0 Å². The molecule has 0 fully saturated rings. The van der Waals surface area contributed by atoms with Crippen LogP contribution in [0, 0.1) is 11.6 Å². The van der Waals surface area contributed by atoms with Crippen molar-refractivity contribution in [2.45, 2.75) is 6.42 Å². The molecule has 0 aliphatic carbocycles. The molecule has 0 spiro atoms. The van der Waals surface area contributed by atoms with Crippen LogP contribution in [0.1, 0.15) is 11.3 Å². The Morgan fingerprint density at radius 2 is 1.96 bits per heavy atom. The van der Waals surface area contributed by atoms with Gasteiger partial charge in [0.1, 0.15) is 23.3 Å². The number of aromatic nitrogens is 4. The third-order valence-electron chi connectivity index (χ3n) is 3.80. The molecule has 0 amide bonds. The monoisotopic (exact) mass is 337 g/mol. The molecular formula is C18H13F2N5. The Hall–Kier alpha value is -3.35. The third kappa shape index (κ3) is 3.16. The van der Waals surface area contributed by atoms with Crippen LogP contribution >= 0.6 is 0 Å². The number of hydrogen-bond acceptors (Lipinski definition) is 4. The fourth-order valence-electron chi connectivity index (χ4n) is 2.64. The lowest BCUT2D eigenvalue weighted by Gasteiger charge is -2.09. The first-order chi connectivity index (χ1) is 12.2. The molecule has 0 aliphatic heterocycles. The minimum Gasteiger partial charge on any atom is -0.325 e. The van der Waals surface area contributed by atoms with Crippen LogP contribution in [-0.2, 0) is 6.42 Å². The van der Waals surface area contributed by atoms with Gasteiger partial charge in [0, 0.05) is 24.1 Å². The number of anilines is 2. The van der Waals surface area contributed by atoms with Gasteiger partial charge in [-0.25, -0.2) is 18.7 Å². The second-order valence-electron chi connectivity index (χ2n) is 5.54. The average Bonchev–Trinajstić information content (AvgIpc) is 3.08. The van der Waals surface area contributed by atoms with Gasteiger partial charge < -0.3 is 5.32 Å². The number of H-pyrrole nitrogens is 1. The van der Waals surface area contributed by atoms with Crippen molar-refractivity contribution in [1.82, 2.24) is 20.2 Å². The van der Waals surface area contributed by atoms with Crippen LogP contribution in [0.15, 0.2) is 54.9 Å². The molecule has 5 nitrogen and oxygen atoms in total. The van der Waals surface area contributed by atoms with E-state index in [1.165, 1.54) is 6.07 Å². The first-order valence-corrected chi connectivity index (χ1v) is 7.64. The number of fused-ring (bicyclic) bond motifs is 1. The van der Waals surface area contributed by atoms with E-state index in [2.05, 4.69) is 25.5 Å². The van der Waals surface area contributed by atoms with Gasteiger partial charge in [-0.1, -0.05) is 6.07 Å². The van der Waals surface area contributed by atoms with Crippen molar-refractivity contribution in [2.75, 3.05) is 5.32 Å². The minimum atomic E-state index is -0.484. The largest absolute Gasteiger partial charge is 0.325 e. The Labute approximate surface area is 141 Å². The van der Waals surface area contributed by atoms with E-state index in [-0.39, 0.29) is 12.0 Å². The van der Waals surface area contributed by atoms with E-state index in [9.17, 15) is 8.78 Å². The summed E-state index contributed by atoms with van der Waals surface area (Å²) in [5, 5.41) is 10.8. The van der Waals surface area contributed by atoms with Gasteiger partial charge in [0.05, 0.1) is 17.4 Å². The van der Waals surface area contributed by atoms with Crippen molar-refractivity contribution in [3.05, 3.63) is 77.8 Å². The molecule has 0 aliphatic rings. The predicted octanol–water partition coefficient (Wildman–Crippen LogP) is 3.97. The van der Waals surface area contributed by atoms with E-state index >= 15 is 0 Å². The van der Waals surface area contributed by atoms with Crippen LogP contribution in [0.5, 0.6) is 0 Å². The molecule has 7 heteroatoms. The van der Waals surface area contributed by atoms with Crippen molar-refractivity contribution in [2.24, 2.45) is 0 Å². The van der Waals surface area contributed by atoms with Crippen molar-refractivity contribution < 1.29 is 8.78 Å². The first kappa shape index (κ1) is 15.2. The van der Waals surface area contributed by atoms with Crippen molar-refractivity contribution >= 4 is 22.5 Å². The molecule has 124 valence electrons. The molecule has 4 aromatic rings. The highest BCUT2D eigenvalue weighted by Crippen LogP contribution is 2.24. The zero-order valence-electron chi connectivity index (χ0n) is 13.0. The predicted molar refractivity (Wildman–Crippen MR) is 90.6 cm³/mol. The van der Waals surface area contributed by atoms with Gasteiger partial charge in [-0.3, -0.25) is 5.10 Å². The fourth-order valence-corrected chi connectivity index (χ4v) is 2.64. The molecule has 3 aromatic heterocycles. The van der Waals surface area contributed by atoms with E-state index in [4.69, 9.17) is 0 Å². The highest BCUT2D eigenvalue weighted by atomic mass is 19.1. The molecular weight excluding hydrogens is 324 g/mol. The molecule has 0 saturated carbocycles. The van der Waals surface area contributed by atoms with E-state index < -0.39 is 11.6 Å². The highest BCUT2D eigenvalue weighted by Gasteiger charge is 2.12. The lowest BCUT2D eigenvalue weighted by Crippen LogP contribution is -2.01. The molecule has 0 bridgehead atoms. The number of rotatable bonds is 4. The summed E-state index contributed by atoms with van der Waals surface area (Å²) in [7, 11) is 0. The summed E-state index contributed by atoms with van der Waals surface area (Å²) < 4.78 is 27.4. The lowest BCUT2D eigenvalue weighted by atomic mass is 10.1. The van der Waals surface area contributed by atoms with Crippen LogP contribution in [0.2, 0.25) is 0 Å². The van der Waals surface area contributed by atoms with Crippen molar-refractivity contribution in [3.63, 3.8) is 0 Å². The summed E-state index contributed by atoms with van der Waals surface area (Å²) in [6.07, 6.45) is 3.44. The fraction of sp³-hybridized carbons (Fsp3) is 0.0556. The molecule has 0 saturated heterocycles. The maximum Gasteiger partial charge on any atom is 0.133 e. The number of nitrogens with zero attached hydrogens (tertiary/aromatic N) is 3. The number of benzene rings is 1.